The SMILES string of the molecule is COc1cc([C@@H]2c3cc4c(cc3[C@H](OC(C)=O)C3COC(=O)[C@@H]32)OCO4)cc(OC)c1OC. The smallest absolute Gasteiger partial charge is 0.310 e. The van der Waals surface area contributed by atoms with E-state index in [0.717, 1.165) is 16.7 Å². The first kappa shape index (κ1) is 21.2. The fourth-order valence-electron chi connectivity index (χ4n) is 5.12. The minimum absolute atomic E-state index is 0.0974. The Morgan fingerprint density at radius 3 is 2.12 bits per heavy atom. The van der Waals surface area contributed by atoms with Crippen LogP contribution >= 0.6 is 0 Å². The van der Waals surface area contributed by atoms with Crippen LogP contribution in [0.4, 0.5) is 0 Å². The summed E-state index contributed by atoms with van der Waals surface area (Å²) in [7, 11) is 4.61. The number of hydrogen-bond acceptors (Lipinski definition) is 9. The fraction of sp³-hybridized carbons (Fsp3) is 0.417. The van der Waals surface area contributed by atoms with Gasteiger partial charge in [-0.2, -0.15) is 0 Å². The lowest BCUT2D eigenvalue weighted by atomic mass is 9.66. The molecule has 0 spiro atoms. The second-order valence-electron chi connectivity index (χ2n) is 8.12. The highest BCUT2D eigenvalue weighted by Crippen LogP contribution is 2.56. The molecule has 33 heavy (non-hydrogen) atoms. The van der Waals surface area contributed by atoms with Gasteiger partial charge >= 0.3 is 11.9 Å². The molecule has 0 N–H and O–H groups in total. The molecule has 0 amide bonds. The van der Waals surface area contributed by atoms with Gasteiger partial charge in [0.1, 0.15) is 6.10 Å². The van der Waals surface area contributed by atoms with Crippen LogP contribution in [-0.4, -0.2) is 46.7 Å². The van der Waals surface area contributed by atoms with Gasteiger partial charge in [-0.15, -0.1) is 0 Å². The van der Waals surface area contributed by atoms with E-state index in [1.54, 1.807) is 0 Å². The standard InChI is InChI=1S/C24H24O9/c1-11(25)33-22-14-8-17-16(31-10-32-17)7-13(14)20(21-15(22)9-30-24(21)26)12-5-18(27-2)23(29-4)19(6-12)28-3/h5-8,15,20-22H,9-10H2,1-4H3/t15?,20-,21+,22+/m1/s1. The van der Waals surface area contributed by atoms with Crippen LogP contribution in [0.1, 0.15) is 35.6 Å². The Hall–Kier alpha value is -3.62. The highest BCUT2D eigenvalue weighted by Gasteiger charge is 2.54. The largest absolute Gasteiger partial charge is 0.493 e. The molecule has 0 radical (unpaired) electrons. The van der Waals surface area contributed by atoms with Crippen LogP contribution < -0.4 is 23.7 Å². The predicted molar refractivity (Wildman–Crippen MR) is 113 cm³/mol. The zero-order valence-electron chi connectivity index (χ0n) is 18.7. The molecule has 0 bridgehead atoms. The van der Waals surface area contributed by atoms with Crippen molar-refractivity contribution in [3.63, 3.8) is 0 Å². The zero-order valence-corrected chi connectivity index (χ0v) is 18.7. The number of ether oxygens (including phenoxy) is 7. The summed E-state index contributed by atoms with van der Waals surface area (Å²) in [6.45, 7) is 1.60. The van der Waals surface area contributed by atoms with Crippen LogP contribution in [0.15, 0.2) is 24.3 Å². The summed E-state index contributed by atoms with van der Waals surface area (Å²) in [4.78, 5) is 25.0. The maximum absolute atomic E-state index is 13.0. The number of esters is 2. The third-order valence-corrected chi connectivity index (χ3v) is 6.46. The van der Waals surface area contributed by atoms with Crippen molar-refractivity contribution in [2.75, 3.05) is 34.7 Å². The van der Waals surface area contributed by atoms with Crippen molar-refractivity contribution >= 4 is 11.9 Å². The fourth-order valence-corrected chi connectivity index (χ4v) is 5.12. The molecule has 3 aliphatic rings. The summed E-state index contributed by atoms with van der Waals surface area (Å²) in [5.41, 5.74) is 2.33. The van der Waals surface area contributed by atoms with E-state index in [1.165, 1.54) is 28.3 Å². The Morgan fingerprint density at radius 1 is 0.909 bits per heavy atom. The van der Waals surface area contributed by atoms with Crippen molar-refractivity contribution in [1.29, 1.82) is 0 Å². The lowest BCUT2D eigenvalue weighted by molar-refractivity contribution is -0.152. The van der Waals surface area contributed by atoms with Gasteiger partial charge < -0.3 is 33.2 Å². The Labute approximate surface area is 190 Å². The minimum atomic E-state index is -0.651. The topological polar surface area (TPSA) is 98.8 Å². The quantitative estimate of drug-likeness (QED) is 0.629. The number of benzene rings is 2. The molecule has 174 valence electrons. The number of methoxy groups -OCH3 is 3. The average Bonchev–Trinajstić information content (AvgIpc) is 3.43. The zero-order chi connectivity index (χ0) is 23.3. The first-order valence-corrected chi connectivity index (χ1v) is 10.5. The summed E-state index contributed by atoms with van der Waals surface area (Å²) in [5, 5.41) is 0. The Kier molecular flexibility index (Phi) is 5.19. The van der Waals surface area contributed by atoms with Gasteiger partial charge in [0.15, 0.2) is 23.0 Å². The van der Waals surface area contributed by atoms with Gasteiger partial charge in [-0.3, -0.25) is 9.59 Å². The number of carbonyl (C=O) groups excluding carboxylic acids is 2. The van der Waals surface area contributed by atoms with Crippen LogP contribution in [0, 0.1) is 11.8 Å². The van der Waals surface area contributed by atoms with Crippen molar-refractivity contribution in [3.05, 3.63) is 41.0 Å². The van der Waals surface area contributed by atoms with E-state index >= 15 is 0 Å². The summed E-state index contributed by atoms with van der Waals surface area (Å²) in [6.07, 6.45) is -0.651. The third kappa shape index (κ3) is 3.30. The normalized spacial score (nSPS) is 24.4. The van der Waals surface area contributed by atoms with Crippen LogP contribution in [0.2, 0.25) is 0 Å². The molecule has 5 rings (SSSR count). The average molecular weight is 456 g/mol. The van der Waals surface area contributed by atoms with Crippen molar-refractivity contribution in [3.8, 4) is 28.7 Å². The molecule has 1 saturated heterocycles. The van der Waals surface area contributed by atoms with E-state index in [0.29, 0.717) is 28.7 Å². The van der Waals surface area contributed by atoms with Crippen molar-refractivity contribution in [1.82, 2.24) is 0 Å². The first-order valence-electron chi connectivity index (χ1n) is 10.5. The molecule has 4 atom stereocenters. The van der Waals surface area contributed by atoms with Crippen molar-refractivity contribution in [2.45, 2.75) is 18.9 Å². The highest BCUT2D eigenvalue weighted by molar-refractivity contribution is 5.79. The second-order valence-corrected chi connectivity index (χ2v) is 8.12. The molecule has 9 heteroatoms. The van der Waals surface area contributed by atoms with Gasteiger partial charge in [-0.05, 0) is 35.4 Å². The summed E-state index contributed by atoms with van der Waals surface area (Å²) < 4.78 is 38.9. The van der Waals surface area contributed by atoms with Crippen LogP contribution in [0.25, 0.3) is 0 Å². The van der Waals surface area contributed by atoms with E-state index in [1.807, 2.05) is 24.3 Å². The monoisotopic (exact) mass is 456 g/mol. The first-order chi connectivity index (χ1) is 16.0. The maximum Gasteiger partial charge on any atom is 0.310 e. The minimum Gasteiger partial charge on any atom is -0.493 e. The summed E-state index contributed by atoms with van der Waals surface area (Å²) in [5.74, 6) is 0.383. The number of hydrogen-bond donors (Lipinski definition) is 0. The van der Waals surface area contributed by atoms with Crippen LogP contribution in [-0.2, 0) is 19.1 Å². The van der Waals surface area contributed by atoms with Gasteiger partial charge in [0, 0.05) is 24.3 Å². The lowest BCUT2D eigenvalue weighted by Crippen LogP contribution is -2.36. The molecule has 0 aromatic heterocycles. The van der Waals surface area contributed by atoms with Gasteiger partial charge in [-0.25, -0.2) is 0 Å². The van der Waals surface area contributed by atoms with Gasteiger partial charge in [0.2, 0.25) is 12.5 Å². The maximum atomic E-state index is 13.0. The molecule has 1 fully saturated rings. The van der Waals surface area contributed by atoms with E-state index in [9.17, 15) is 9.59 Å². The second kappa shape index (κ2) is 8.06. The molecular formula is C24H24O9. The number of rotatable bonds is 5. The Morgan fingerprint density at radius 2 is 1.55 bits per heavy atom. The number of carbonyl (C=O) groups is 2. The predicted octanol–water partition coefficient (Wildman–Crippen LogP) is 2.98. The molecule has 2 aromatic carbocycles. The number of fused-ring (bicyclic) bond motifs is 3. The third-order valence-electron chi connectivity index (χ3n) is 6.46. The molecule has 2 heterocycles. The highest BCUT2D eigenvalue weighted by atomic mass is 16.7. The molecule has 0 saturated carbocycles. The van der Waals surface area contributed by atoms with Crippen molar-refractivity contribution in [2.24, 2.45) is 11.8 Å². The van der Waals surface area contributed by atoms with Gasteiger partial charge in [0.25, 0.3) is 0 Å². The van der Waals surface area contributed by atoms with Crippen molar-refractivity contribution < 1.29 is 42.7 Å². The molecule has 2 aliphatic heterocycles. The number of cyclic esters (lactones) is 1. The Bertz CT molecular complexity index is 1100. The molecule has 9 nitrogen and oxygen atoms in total. The molecular weight excluding hydrogens is 432 g/mol. The summed E-state index contributed by atoms with van der Waals surface area (Å²) >= 11 is 0. The van der Waals surface area contributed by atoms with Gasteiger partial charge in [-0.1, -0.05) is 0 Å². The molecule has 1 aliphatic carbocycles. The van der Waals surface area contributed by atoms with E-state index < -0.39 is 23.9 Å². The van der Waals surface area contributed by atoms with E-state index in [4.69, 9.17) is 33.2 Å². The molecule has 2 aromatic rings. The van der Waals surface area contributed by atoms with Crippen LogP contribution in [0.5, 0.6) is 28.7 Å². The van der Waals surface area contributed by atoms with E-state index in [-0.39, 0.29) is 25.3 Å². The van der Waals surface area contributed by atoms with E-state index in [2.05, 4.69) is 0 Å². The molecule has 1 unspecified atom stereocenters. The summed E-state index contributed by atoms with van der Waals surface area (Å²) in [6, 6.07) is 7.34. The lowest BCUT2D eigenvalue weighted by Gasteiger charge is -2.38. The van der Waals surface area contributed by atoms with Gasteiger partial charge in [0.05, 0.1) is 33.9 Å². The Balaban J connectivity index is 1.75. The van der Waals surface area contributed by atoms with Crippen LogP contribution in [0.3, 0.4) is 0 Å².